The van der Waals surface area contributed by atoms with Crippen LogP contribution in [0.2, 0.25) is 0 Å². The SMILES string of the molecule is C=C(c1cc(F)c2nccn2c1)c1cnc(N[C@H](C)C(F)(F)F)nc1C. The van der Waals surface area contributed by atoms with Crippen LogP contribution in [-0.2, 0) is 0 Å². The number of halogens is 4. The van der Waals surface area contributed by atoms with Crippen LogP contribution in [0.25, 0.3) is 11.2 Å². The van der Waals surface area contributed by atoms with E-state index in [1.807, 2.05) is 0 Å². The van der Waals surface area contributed by atoms with E-state index < -0.39 is 18.0 Å². The van der Waals surface area contributed by atoms with Crippen LogP contribution in [0.3, 0.4) is 0 Å². The Morgan fingerprint density at radius 2 is 2.04 bits per heavy atom. The predicted octanol–water partition coefficient (Wildman–Crippen LogP) is 4.00. The summed E-state index contributed by atoms with van der Waals surface area (Å²) in [7, 11) is 0. The van der Waals surface area contributed by atoms with E-state index in [-0.39, 0.29) is 11.6 Å². The van der Waals surface area contributed by atoms with Crippen LogP contribution < -0.4 is 5.32 Å². The van der Waals surface area contributed by atoms with Crippen molar-refractivity contribution in [3.05, 3.63) is 60.1 Å². The van der Waals surface area contributed by atoms with E-state index in [0.29, 0.717) is 22.4 Å². The molecule has 1 N–H and O–H groups in total. The molecule has 136 valence electrons. The van der Waals surface area contributed by atoms with E-state index in [4.69, 9.17) is 0 Å². The van der Waals surface area contributed by atoms with Crippen LogP contribution in [0.15, 0.2) is 37.4 Å². The Morgan fingerprint density at radius 1 is 1.31 bits per heavy atom. The smallest absolute Gasteiger partial charge is 0.343 e. The lowest BCUT2D eigenvalue weighted by atomic mass is 10.0. The van der Waals surface area contributed by atoms with Crippen molar-refractivity contribution < 1.29 is 17.6 Å². The van der Waals surface area contributed by atoms with Gasteiger partial charge in [0.15, 0.2) is 11.5 Å². The van der Waals surface area contributed by atoms with Crippen molar-refractivity contribution in [1.82, 2.24) is 19.4 Å². The lowest BCUT2D eigenvalue weighted by Gasteiger charge is -2.18. The lowest BCUT2D eigenvalue weighted by molar-refractivity contribution is -0.138. The molecule has 0 aromatic carbocycles. The average Bonchev–Trinajstić information content (AvgIpc) is 3.02. The standard InChI is InChI=1S/C17H15F4N5/c1-9(12-6-14(18)15-22-4-5-26(15)8-12)13-7-23-16(24-10(13)2)25-11(3)17(19,20)21/h4-8,11H,1H2,2-3H3,(H,23,24,25)/t11-/m1/s1. The van der Waals surface area contributed by atoms with Gasteiger partial charge in [0.1, 0.15) is 6.04 Å². The molecule has 0 saturated carbocycles. The highest BCUT2D eigenvalue weighted by Gasteiger charge is 2.36. The van der Waals surface area contributed by atoms with E-state index in [0.717, 1.165) is 6.92 Å². The molecule has 3 rings (SSSR count). The maximum Gasteiger partial charge on any atom is 0.408 e. The van der Waals surface area contributed by atoms with Gasteiger partial charge in [0.05, 0.1) is 5.69 Å². The molecule has 26 heavy (non-hydrogen) atoms. The number of hydrogen-bond acceptors (Lipinski definition) is 4. The van der Waals surface area contributed by atoms with Gasteiger partial charge < -0.3 is 9.72 Å². The fourth-order valence-electron chi connectivity index (χ4n) is 2.42. The van der Waals surface area contributed by atoms with Crippen molar-refractivity contribution in [3.8, 4) is 0 Å². The Morgan fingerprint density at radius 3 is 2.69 bits per heavy atom. The van der Waals surface area contributed by atoms with Crippen molar-refractivity contribution in [3.63, 3.8) is 0 Å². The molecule has 0 bridgehead atoms. The Bertz CT molecular complexity index is 977. The molecule has 0 saturated heterocycles. The summed E-state index contributed by atoms with van der Waals surface area (Å²) in [4.78, 5) is 11.9. The average molecular weight is 365 g/mol. The Kier molecular flexibility index (Phi) is 4.39. The molecule has 3 heterocycles. The molecular formula is C17H15F4N5. The van der Waals surface area contributed by atoms with E-state index in [1.165, 1.54) is 22.9 Å². The number of aromatic nitrogens is 4. The molecule has 3 aromatic rings. The van der Waals surface area contributed by atoms with Gasteiger partial charge in [0.25, 0.3) is 0 Å². The third-order valence-electron chi connectivity index (χ3n) is 3.93. The van der Waals surface area contributed by atoms with Gasteiger partial charge in [0.2, 0.25) is 5.95 Å². The maximum absolute atomic E-state index is 14.1. The molecule has 0 aliphatic heterocycles. The highest BCUT2D eigenvalue weighted by Crippen LogP contribution is 2.26. The summed E-state index contributed by atoms with van der Waals surface area (Å²) in [6.07, 6.45) is 1.69. The minimum atomic E-state index is -4.41. The third-order valence-corrected chi connectivity index (χ3v) is 3.93. The van der Waals surface area contributed by atoms with Gasteiger partial charge in [-0.1, -0.05) is 6.58 Å². The second-order valence-corrected chi connectivity index (χ2v) is 5.81. The van der Waals surface area contributed by atoms with E-state index >= 15 is 0 Å². The number of nitrogens with one attached hydrogen (secondary N) is 1. The highest BCUT2D eigenvalue weighted by molar-refractivity contribution is 5.79. The zero-order valence-electron chi connectivity index (χ0n) is 14.0. The molecule has 0 radical (unpaired) electrons. The minimum Gasteiger partial charge on any atom is -0.343 e. The molecule has 0 fully saturated rings. The predicted molar refractivity (Wildman–Crippen MR) is 89.2 cm³/mol. The second kappa shape index (κ2) is 6.40. The summed E-state index contributed by atoms with van der Waals surface area (Å²) < 4.78 is 53.5. The molecule has 0 aliphatic carbocycles. The molecule has 0 amide bonds. The number of nitrogens with zero attached hydrogens (tertiary/aromatic N) is 4. The second-order valence-electron chi connectivity index (χ2n) is 5.81. The van der Waals surface area contributed by atoms with Crippen molar-refractivity contribution in [2.24, 2.45) is 0 Å². The van der Waals surface area contributed by atoms with Crippen LogP contribution in [0.5, 0.6) is 0 Å². The van der Waals surface area contributed by atoms with Crippen LogP contribution >= 0.6 is 0 Å². The largest absolute Gasteiger partial charge is 0.408 e. The maximum atomic E-state index is 14.1. The fraction of sp³-hybridized carbons (Fsp3) is 0.235. The van der Waals surface area contributed by atoms with Gasteiger partial charge in [-0.15, -0.1) is 0 Å². The molecular weight excluding hydrogens is 350 g/mol. The van der Waals surface area contributed by atoms with Crippen molar-refractivity contribution in [2.45, 2.75) is 26.1 Å². The quantitative estimate of drug-likeness (QED) is 0.710. The van der Waals surface area contributed by atoms with Crippen LogP contribution in [-0.4, -0.2) is 31.6 Å². The summed E-state index contributed by atoms with van der Waals surface area (Å²) >= 11 is 0. The highest BCUT2D eigenvalue weighted by atomic mass is 19.4. The van der Waals surface area contributed by atoms with Gasteiger partial charge >= 0.3 is 6.18 Å². The molecule has 5 nitrogen and oxygen atoms in total. The normalized spacial score (nSPS) is 13.0. The zero-order chi connectivity index (χ0) is 19.1. The molecule has 0 unspecified atom stereocenters. The van der Waals surface area contributed by atoms with Gasteiger partial charge in [-0.2, -0.15) is 13.2 Å². The number of aryl methyl sites for hydroxylation is 1. The Labute approximate surface area is 146 Å². The van der Waals surface area contributed by atoms with Gasteiger partial charge in [0, 0.05) is 35.9 Å². The van der Waals surface area contributed by atoms with Crippen LogP contribution in [0, 0.1) is 12.7 Å². The van der Waals surface area contributed by atoms with Crippen molar-refractivity contribution >= 4 is 17.2 Å². The molecule has 1 atom stereocenters. The van der Waals surface area contributed by atoms with Crippen LogP contribution in [0.1, 0.15) is 23.7 Å². The Balaban J connectivity index is 1.90. The molecule has 0 aliphatic rings. The van der Waals surface area contributed by atoms with Gasteiger partial charge in [-0.05, 0) is 25.5 Å². The Hall–Kier alpha value is -2.97. The summed E-state index contributed by atoms with van der Waals surface area (Å²) in [6.45, 7) is 6.54. The molecule has 9 heteroatoms. The van der Waals surface area contributed by atoms with Crippen LogP contribution in [0.4, 0.5) is 23.5 Å². The molecule has 3 aromatic heterocycles. The number of alkyl halides is 3. The van der Waals surface area contributed by atoms with E-state index in [1.54, 1.807) is 19.3 Å². The lowest BCUT2D eigenvalue weighted by Crippen LogP contribution is -2.33. The fourth-order valence-corrected chi connectivity index (χ4v) is 2.42. The van der Waals surface area contributed by atoms with E-state index in [9.17, 15) is 17.6 Å². The van der Waals surface area contributed by atoms with Gasteiger partial charge in [-0.3, -0.25) is 0 Å². The number of fused-ring (bicyclic) bond motifs is 1. The zero-order valence-corrected chi connectivity index (χ0v) is 14.0. The van der Waals surface area contributed by atoms with Crippen molar-refractivity contribution in [2.75, 3.05) is 5.32 Å². The van der Waals surface area contributed by atoms with Gasteiger partial charge in [-0.25, -0.2) is 19.3 Å². The number of pyridine rings is 1. The minimum absolute atomic E-state index is 0.139. The topological polar surface area (TPSA) is 55.1 Å². The first kappa shape index (κ1) is 17.8. The van der Waals surface area contributed by atoms with E-state index in [2.05, 4.69) is 26.8 Å². The third kappa shape index (κ3) is 3.37. The summed E-state index contributed by atoms with van der Waals surface area (Å²) in [5.41, 5.74) is 2.06. The summed E-state index contributed by atoms with van der Waals surface area (Å²) in [6, 6.07) is -0.490. The number of anilines is 1. The molecule has 0 spiro atoms. The number of hydrogen-bond donors (Lipinski definition) is 1. The summed E-state index contributed by atoms with van der Waals surface area (Å²) in [5, 5.41) is 2.21. The first-order chi connectivity index (χ1) is 12.2. The first-order valence-electron chi connectivity index (χ1n) is 7.65. The van der Waals surface area contributed by atoms with Crippen molar-refractivity contribution in [1.29, 1.82) is 0 Å². The first-order valence-corrected chi connectivity index (χ1v) is 7.65. The number of imidazole rings is 1. The number of rotatable bonds is 4. The summed E-state index contributed by atoms with van der Waals surface area (Å²) in [5.74, 6) is -0.648. The monoisotopic (exact) mass is 365 g/mol.